The molecule has 2 bridgehead atoms. The molecule has 0 spiro atoms. The molecule has 6 heteroatoms. The fourth-order valence-corrected chi connectivity index (χ4v) is 6.21. The Morgan fingerprint density at radius 3 is 2.20 bits per heavy atom. The van der Waals surface area contributed by atoms with Gasteiger partial charge >= 0.3 is 0 Å². The molecule has 5 aliphatic rings. The van der Waals surface area contributed by atoms with Crippen LogP contribution < -0.4 is 0 Å². The molecule has 3 fully saturated rings. The van der Waals surface area contributed by atoms with Crippen molar-refractivity contribution in [2.24, 2.45) is 40.6 Å². The zero-order valence-electron chi connectivity index (χ0n) is 16.8. The summed E-state index contributed by atoms with van der Waals surface area (Å²) >= 11 is 6.02. The molecule has 1 aromatic heterocycles. The lowest BCUT2D eigenvalue weighted by Gasteiger charge is -2.37. The molecule has 1 aromatic carbocycles. The van der Waals surface area contributed by atoms with E-state index in [0.29, 0.717) is 16.9 Å². The molecule has 6 atom stereocenters. The van der Waals surface area contributed by atoms with Gasteiger partial charge in [0.2, 0.25) is 0 Å². The number of aromatic nitrogens is 1. The summed E-state index contributed by atoms with van der Waals surface area (Å²) in [6, 6.07) is 9.68. The van der Waals surface area contributed by atoms with Crippen molar-refractivity contribution in [3.8, 4) is 5.69 Å². The second-order valence-corrected chi connectivity index (χ2v) is 9.46. The van der Waals surface area contributed by atoms with Gasteiger partial charge in [-0.15, -0.1) is 0 Å². The maximum Gasteiger partial charge on any atom is 0.254 e. The van der Waals surface area contributed by atoms with Crippen LogP contribution in [0.15, 0.2) is 47.6 Å². The Kier molecular flexibility index (Phi) is 3.73. The lowest BCUT2D eigenvalue weighted by molar-refractivity contribution is -0.140. The minimum atomic E-state index is -0.213. The van der Waals surface area contributed by atoms with Gasteiger partial charge in [-0.3, -0.25) is 9.59 Å². The van der Waals surface area contributed by atoms with Crippen LogP contribution in [0.3, 0.4) is 0 Å². The minimum Gasteiger partial charge on any atom is -0.318 e. The molecule has 0 unspecified atom stereocenters. The predicted octanol–water partition coefficient (Wildman–Crippen LogP) is 4.13. The van der Waals surface area contributed by atoms with E-state index in [1.54, 1.807) is 6.21 Å². The molecule has 7 rings (SSSR count). The number of aryl methyl sites for hydroxylation is 1. The molecular weight excluding hydrogens is 398 g/mol. The summed E-state index contributed by atoms with van der Waals surface area (Å²) in [5.74, 6) is 0.952. The summed E-state index contributed by atoms with van der Waals surface area (Å²) in [7, 11) is 0. The predicted molar refractivity (Wildman–Crippen MR) is 114 cm³/mol. The monoisotopic (exact) mass is 419 g/mol. The van der Waals surface area contributed by atoms with Crippen molar-refractivity contribution < 1.29 is 9.59 Å². The largest absolute Gasteiger partial charge is 0.318 e. The van der Waals surface area contributed by atoms with E-state index in [9.17, 15) is 9.59 Å². The first-order valence-electron chi connectivity index (χ1n) is 10.5. The number of imide groups is 1. The molecule has 2 aromatic rings. The van der Waals surface area contributed by atoms with Gasteiger partial charge in [-0.1, -0.05) is 23.8 Å². The van der Waals surface area contributed by atoms with Crippen LogP contribution in [0.1, 0.15) is 23.4 Å². The van der Waals surface area contributed by atoms with E-state index in [1.165, 1.54) is 0 Å². The second kappa shape index (κ2) is 6.17. The standard InChI is InChI=1S/C24H22ClN3O2/c1-12-9-14(13(2)27(12)16-5-3-15(25)4-6-16)11-26-28-23(29)21-17-7-8-18(20-10-19(17)20)22(21)24(28)30/h3-9,11,17-22H,10H2,1-2H3/b26-11-/t17-,18-,19-,20-,21-,22+/m0/s1. The maximum atomic E-state index is 13.1. The van der Waals surface area contributed by atoms with Gasteiger partial charge in [-0.2, -0.15) is 10.1 Å². The lowest BCUT2D eigenvalue weighted by atomic mass is 9.63. The van der Waals surface area contributed by atoms with Crippen LogP contribution in [0.4, 0.5) is 0 Å². The number of hydrogen-bond donors (Lipinski definition) is 0. The first kappa shape index (κ1) is 18.1. The van der Waals surface area contributed by atoms with Crippen molar-refractivity contribution in [1.82, 2.24) is 9.58 Å². The highest BCUT2D eigenvalue weighted by atomic mass is 35.5. The number of carbonyl (C=O) groups is 2. The summed E-state index contributed by atoms with van der Waals surface area (Å²) in [5.41, 5.74) is 3.95. The van der Waals surface area contributed by atoms with Crippen LogP contribution in [-0.4, -0.2) is 27.6 Å². The zero-order valence-corrected chi connectivity index (χ0v) is 17.6. The lowest BCUT2D eigenvalue weighted by Crippen LogP contribution is -2.40. The molecule has 1 aliphatic heterocycles. The number of amides is 2. The van der Waals surface area contributed by atoms with Gasteiger partial charge in [0.05, 0.1) is 18.1 Å². The third-order valence-electron chi connectivity index (χ3n) is 7.51. The molecule has 0 radical (unpaired) electrons. The normalized spacial score (nSPS) is 33.5. The number of benzene rings is 1. The highest BCUT2D eigenvalue weighted by Gasteiger charge is 2.67. The Morgan fingerprint density at radius 2 is 1.60 bits per heavy atom. The SMILES string of the molecule is Cc1cc(/C=N\N2C(=O)[C@@H]3[C@H]4C=C[C@@H]([C@@H]5C[C@@H]45)[C@@H]3C2=O)c(C)n1-c1ccc(Cl)cc1. The molecule has 4 aliphatic carbocycles. The van der Waals surface area contributed by atoms with Crippen molar-refractivity contribution in [1.29, 1.82) is 0 Å². The van der Waals surface area contributed by atoms with Crippen LogP contribution in [0, 0.1) is 49.4 Å². The zero-order chi connectivity index (χ0) is 20.7. The smallest absolute Gasteiger partial charge is 0.254 e. The molecule has 5 nitrogen and oxygen atoms in total. The van der Waals surface area contributed by atoms with E-state index < -0.39 is 0 Å². The summed E-state index contributed by atoms with van der Waals surface area (Å²) in [6.07, 6.45) is 7.17. The number of hydrazone groups is 1. The first-order chi connectivity index (χ1) is 14.5. The third-order valence-corrected chi connectivity index (χ3v) is 7.76. The summed E-state index contributed by atoms with van der Waals surface area (Å²) in [5, 5.41) is 6.22. The van der Waals surface area contributed by atoms with Gasteiger partial charge in [-0.25, -0.2) is 0 Å². The Labute approximate surface area is 180 Å². The Morgan fingerprint density at radius 1 is 1.00 bits per heavy atom. The van der Waals surface area contributed by atoms with Crippen molar-refractivity contribution in [3.05, 3.63) is 64.5 Å². The van der Waals surface area contributed by atoms with E-state index in [4.69, 9.17) is 11.6 Å². The van der Waals surface area contributed by atoms with Gasteiger partial charge in [0.15, 0.2) is 0 Å². The molecule has 1 saturated heterocycles. The van der Waals surface area contributed by atoms with Crippen LogP contribution in [0.5, 0.6) is 0 Å². The third kappa shape index (κ3) is 2.38. The van der Waals surface area contributed by atoms with Gasteiger partial charge in [0, 0.05) is 27.7 Å². The van der Waals surface area contributed by atoms with Crippen LogP contribution in [0.25, 0.3) is 5.69 Å². The van der Waals surface area contributed by atoms with E-state index >= 15 is 0 Å². The number of rotatable bonds is 3. The van der Waals surface area contributed by atoms with Gasteiger partial charge in [0.1, 0.15) is 0 Å². The fourth-order valence-electron chi connectivity index (χ4n) is 6.08. The number of nitrogens with zero attached hydrogens (tertiary/aromatic N) is 3. The summed E-state index contributed by atoms with van der Waals surface area (Å²) < 4.78 is 2.11. The van der Waals surface area contributed by atoms with Gasteiger partial charge < -0.3 is 4.57 Å². The van der Waals surface area contributed by atoms with Crippen molar-refractivity contribution >= 4 is 29.6 Å². The second-order valence-electron chi connectivity index (χ2n) is 9.03. The topological polar surface area (TPSA) is 54.7 Å². The van der Waals surface area contributed by atoms with E-state index in [0.717, 1.165) is 34.1 Å². The quantitative estimate of drug-likeness (QED) is 0.426. The average molecular weight is 420 g/mol. The Balaban J connectivity index is 1.30. The van der Waals surface area contributed by atoms with Gasteiger partial charge in [0.25, 0.3) is 11.8 Å². The number of allylic oxidation sites excluding steroid dienone is 2. The van der Waals surface area contributed by atoms with E-state index in [1.807, 2.05) is 44.2 Å². The number of carbonyl (C=O) groups excluding carboxylic acids is 2. The van der Waals surface area contributed by atoms with E-state index in [-0.39, 0.29) is 35.5 Å². The Bertz CT molecular complexity index is 1110. The van der Waals surface area contributed by atoms with Crippen LogP contribution >= 0.6 is 11.6 Å². The molecule has 152 valence electrons. The molecule has 2 saturated carbocycles. The van der Waals surface area contributed by atoms with Gasteiger partial charge in [-0.05, 0) is 74.3 Å². The summed E-state index contributed by atoms with van der Waals surface area (Å²) in [6.45, 7) is 4.03. The average Bonchev–Trinajstić information content (AvgIpc) is 3.46. The number of hydrogen-bond acceptors (Lipinski definition) is 3. The van der Waals surface area contributed by atoms with Crippen molar-refractivity contribution in [2.75, 3.05) is 0 Å². The molecule has 2 heterocycles. The highest BCUT2D eigenvalue weighted by Crippen LogP contribution is 2.65. The molecule has 0 N–H and O–H groups in total. The highest BCUT2D eigenvalue weighted by molar-refractivity contribution is 6.30. The van der Waals surface area contributed by atoms with Crippen molar-refractivity contribution in [2.45, 2.75) is 20.3 Å². The maximum absolute atomic E-state index is 13.1. The minimum absolute atomic E-state index is 0.127. The molecule has 30 heavy (non-hydrogen) atoms. The Hall–Kier alpha value is -2.66. The van der Waals surface area contributed by atoms with Crippen LogP contribution in [0.2, 0.25) is 5.02 Å². The molecular formula is C24H22ClN3O2. The fraction of sp³-hybridized carbons (Fsp3) is 0.375. The van der Waals surface area contributed by atoms with Crippen molar-refractivity contribution in [3.63, 3.8) is 0 Å². The van der Waals surface area contributed by atoms with E-state index in [2.05, 4.69) is 21.8 Å². The number of halogens is 1. The first-order valence-corrected chi connectivity index (χ1v) is 10.9. The van der Waals surface area contributed by atoms with Crippen LogP contribution in [-0.2, 0) is 9.59 Å². The summed E-state index contributed by atoms with van der Waals surface area (Å²) in [4.78, 5) is 26.2. The molecule has 2 amide bonds.